The summed E-state index contributed by atoms with van der Waals surface area (Å²) >= 11 is 5.73. The van der Waals surface area contributed by atoms with Crippen LogP contribution in [0, 0.1) is 16.3 Å². The number of hydrogen-bond donors (Lipinski definition) is 1. The maximum atomic E-state index is 13.1. The lowest BCUT2D eigenvalue weighted by Crippen LogP contribution is -2.07. The average molecular weight is 434 g/mol. The van der Waals surface area contributed by atoms with Gasteiger partial charge in [0.2, 0.25) is 0 Å². The number of hydrogen-bond acceptors (Lipinski definition) is 1. The van der Waals surface area contributed by atoms with Gasteiger partial charge < -0.3 is 5.32 Å². The molecule has 1 nitrogen and oxygen atoms in total. The summed E-state index contributed by atoms with van der Waals surface area (Å²) in [5.41, 5.74) is 3.37. The van der Waals surface area contributed by atoms with E-state index in [4.69, 9.17) is 0 Å². The summed E-state index contributed by atoms with van der Waals surface area (Å²) in [6, 6.07) is 11.2. The van der Waals surface area contributed by atoms with E-state index >= 15 is 0 Å². The van der Waals surface area contributed by atoms with Crippen molar-refractivity contribution in [1.82, 2.24) is 0 Å². The Hall–Kier alpha value is -0.620. The van der Waals surface area contributed by atoms with Gasteiger partial charge in [-0.25, -0.2) is 4.39 Å². The quantitative estimate of drug-likeness (QED) is 0.614. The molecule has 100 valence electrons. The molecule has 0 saturated heterocycles. The molecule has 1 N–H and O–H groups in total. The van der Waals surface area contributed by atoms with E-state index in [2.05, 4.69) is 75.9 Å². The molecule has 0 aliphatic rings. The maximum absolute atomic E-state index is 13.1. The summed E-state index contributed by atoms with van der Waals surface area (Å²) in [5, 5.41) is 3.43. The molecule has 4 heteroatoms. The van der Waals surface area contributed by atoms with Crippen molar-refractivity contribution in [1.29, 1.82) is 0 Å². The van der Waals surface area contributed by atoms with Crippen molar-refractivity contribution in [2.24, 2.45) is 0 Å². The van der Waals surface area contributed by atoms with Gasteiger partial charge in [-0.05, 0) is 71.8 Å². The zero-order chi connectivity index (χ0) is 14.0. The number of nitrogens with one attached hydrogen (secondary N) is 1. The first-order valence-corrected chi connectivity index (χ1v) is 7.82. The van der Waals surface area contributed by atoms with Gasteiger partial charge in [0.15, 0.2) is 0 Å². The summed E-state index contributed by atoms with van der Waals surface area (Å²) < 4.78 is 15.1. The van der Waals surface area contributed by atoms with Crippen LogP contribution in [0.4, 0.5) is 10.1 Å². The van der Waals surface area contributed by atoms with E-state index in [1.807, 2.05) is 0 Å². The highest BCUT2D eigenvalue weighted by Crippen LogP contribution is 2.28. The van der Waals surface area contributed by atoms with E-state index in [9.17, 15) is 4.39 Å². The van der Waals surface area contributed by atoms with E-state index in [1.54, 1.807) is 6.07 Å². The first-order chi connectivity index (χ1) is 8.97. The smallest absolute Gasteiger partial charge is 0.124 e. The second-order valence-electron chi connectivity index (χ2n) is 4.50. The summed E-state index contributed by atoms with van der Waals surface area (Å²) in [6.07, 6.45) is 0. The molecule has 0 aliphatic carbocycles. The number of benzene rings is 2. The Kier molecular flexibility index (Phi) is 4.84. The summed E-state index contributed by atoms with van der Waals surface area (Å²) in [7, 11) is 0. The first-order valence-electron chi connectivity index (χ1n) is 5.95. The maximum Gasteiger partial charge on any atom is 0.124 e. The SMILES string of the molecule is Cc1ccc(NC(C)c2ccc(F)cc2Br)cc1I. The fraction of sp³-hybridized carbons (Fsp3) is 0.200. The predicted octanol–water partition coefficient (Wildman–Crippen LogP) is 5.67. The van der Waals surface area contributed by atoms with E-state index < -0.39 is 0 Å². The lowest BCUT2D eigenvalue weighted by Gasteiger charge is -2.18. The second-order valence-corrected chi connectivity index (χ2v) is 6.51. The zero-order valence-electron chi connectivity index (χ0n) is 10.7. The van der Waals surface area contributed by atoms with Gasteiger partial charge in [-0.15, -0.1) is 0 Å². The fourth-order valence-corrected chi connectivity index (χ4v) is 3.07. The average Bonchev–Trinajstić information content (AvgIpc) is 2.33. The van der Waals surface area contributed by atoms with Crippen LogP contribution in [0.25, 0.3) is 0 Å². The summed E-state index contributed by atoms with van der Waals surface area (Å²) in [5.74, 6) is -0.229. The van der Waals surface area contributed by atoms with Gasteiger partial charge in [-0.2, -0.15) is 0 Å². The van der Waals surface area contributed by atoms with Crippen molar-refractivity contribution in [3.63, 3.8) is 0 Å². The van der Waals surface area contributed by atoms with E-state index in [1.165, 1.54) is 21.3 Å². The minimum absolute atomic E-state index is 0.105. The second kappa shape index (κ2) is 6.22. The van der Waals surface area contributed by atoms with Crippen molar-refractivity contribution < 1.29 is 4.39 Å². The Morgan fingerprint density at radius 2 is 1.95 bits per heavy atom. The molecule has 0 aromatic heterocycles. The normalized spacial score (nSPS) is 12.3. The summed E-state index contributed by atoms with van der Waals surface area (Å²) in [6.45, 7) is 4.15. The predicted molar refractivity (Wildman–Crippen MR) is 90.0 cm³/mol. The molecule has 0 radical (unpaired) electrons. The van der Waals surface area contributed by atoms with Crippen LogP contribution in [-0.2, 0) is 0 Å². The molecule has 1 atom stereocenters. The first kappa shape index (κ1) is 14.8. The van der Waals surface area contributed by atoms with E-state index in [0.717, 1.165) is 15.7 Å². The molecule has 19 heavy (non-hydrogen) atoms. The van der Waals surface area contributed by atoms with Crippen molar-refractivity contribution in [3.05, 3.63) is 61.4 Å². The molecule has 2 aromatic carbocycles. The third kappa shape index (κ3) is 3.69. The Morgan fingerprint density at radius 3 is 2.58 bits per heavy atom. The Labute approximate surface area is 134 Å². The zero-order valence-corrected chi connectivity index (χ0v) is 14.4. The third-order valence-corrected chi connectivity index (χ3v) is 4.83. The molecular weight excluding hydrogens is 420 g/mol. The van der Waals surface area contributed by atoms with Crippen molar-refractivity contribution in [3.8, 4) is 0 Å². The van der Waals surface area contributed by atoms with Gasteiger partial charge in [0.25, 0.3) is 0 Å². The van der Waals surface area contributed by atoms with E-state index in [0.29, 0.717) is 0 Å². The minimum atomic E-state index is -0.229. The van der Waals surface area contributed by atoms with Crippen molar-refractivity contribution in [2.45, 2.75) is 19.9 Å². The van der Waals surface area contributed by atoms with Crippen LogP contribution in [0.5, 0.6) is 0 Å². The third-order valence-electron chi connectivity index (χ3n) is 2.98. The molecule has 0 saturated carbocycles. The van der Waals surface area contributed by atoms with Crippen LogP contribution >= 0.6 is 38.5 Å². The topological polar surface area (TPSA) is 12.0 Å². The van der Waals surface area contributed by atoms with Crippen LogP contribution in [0.15, 0.2) is 40.9 Å². The van der Waals surface area contributed by atoms with Crippen LogP contribution in [0.2, 0.25) is 0 Å². The van der Waals surface area contributed by atoms with Gasteiger partial charge in [-0.3, -0.25) is 0 Å². The number of halogens is 3. The molecule has 2 aromatic rings. The molecule has 0 heterocycles. The number of aryl methyl sites for hydroxylation is 1. The van der Waals surface area contributed by atoms with Crippen LogP contribution in [0.1, 0.15) is 24.1 Å². The van der Waals surface area contributed by atoms with Gasteiger partial charge in [0.05, 0.1) is 0 Å². The van der Waals surface area contributed by atoms with Crippen molar-refractivity contribution >= 4 is 44.2 Å². The van der Waals surface area contributed by atoms with Gasteiger partial charge in [0, 0.05) is 19.8 Å². The van der Waals surface area contributed by atoms with Crippen LogP contribution < -0.4 is 5.32 Å². The Balaban J connectivity index is 2.20. The standard InChI is InChI=1S/C15H14BrFIN/c1-9-3-5-12(8-15(9)18)19-10(2)13-6-4-11(17)7-14(13)16/h3-8,10,19H,1-2H3. The highest BCUT2D eigenvalue weighted by molar-refractivity contribution is 14.1. The minimum Gasteiger partial charge on any atom is -0.378 e. The largest absolute Gasteiger partial charge is 0.378 e. The number of anilines is 1. The summed E-state index contributed by atoms with van der Waals surface area (Å²) in [4.78, 5) is 0. The van der Waals surface area contributed by atoms with Crippen molar-refractivity contribution in [2.75, 3.05) is 5.32 Å². The van der Waals surface area contributed by atoms with E-state index in [-0.39, 0.29) is 11.9 Å². The lowest BCUT2D eigenvalue weighted by molar-refractivity contribution is 0.625. The molecule has 2 rings (SSSR count). The van der Waals surface area contributed by atoms with Gasteiger partial charge in [0.1, 0.15) is 5.82 Å². The number of rotatable bonds is 3. The lowest BCUT2D eigenvalue weighted by atomic mass is 10.1. The highest BCUT2D eigenvalue weighted by atomic mass is 127. The monoisotopic (exact) mass is 433 g/mol. The highest BCUT2D eigenvalue weighted by Gasteiger charge is 2.10. The molecule has 0 spiro atoms. The molecular formula is C15H14BrFIN. The molecule has 0 amide bonds. The molecule has 0 aliphatic heterocycles. The Morgan fingerprint density at radius 1 is 1.21 bits per heavy atom. The van der Waals surface area contributed by atoms with Gasteiger partial charge in [-0.1, -0.05) is 28.1 Å². The van der Waals surface area contributed by atoms with Crippen LogP contribution in [-0.4, -0.2) is 0 Å². The van der Waals surface area contributed by atoms with Gasteiger partial charge >= 0.3 is 0 Å². The fourth-order valence-electron chi connectivity index (χ4n) is 1.86. The molecule has 1 unspecified atom stereocenters. The molecule has 0 bridgehead atoms. The Bertz CT molecular complexity index is 601. The molecule has 0 fully saturated rings. The van der Waals surface area contributed by atoms with Crippen LogP contribution in [0.3, 0.4) is 0 Å².